The molecule has 0 aliphatic carbocycles. The first kappa shape index (κ1) is 22.5. The molecule has 0 aromatic carbocycles. The number of hydrogen-bond donors (Lipinski definition) is 2. The lowest BCUT2D eigenvalue weighted by Gasteiger charge is -2.24. The fourth-order valence-corrected chi connectivity index (χ4v) is 2.70. The summed E-state index contributed by atoms with van der Waals surface area (Å²) in [6.45, 7) is 4.63. The molecule has 152 valence electrons. The summed E-state index contributed by atoms with van der Waals surface area (Å²) in [5, 5.41) is 0. The Balaban J connectivity index is 3.26. The maximum absolute atomic E-state index is 12.7. The lowest BCUT2D eigenvalue weighted by atomic mass is 10.2. The summed E-state index contributed by atoms with van der Waals surface area (Å²) in [4.78, 5) is 52.1. The number of amides is 1. The largest absolute Gasteiger partial charge is 0.469 e. The Bertz CT molecular complexity index is 753. The summed E-state index contributed by atoms with van der Waals surface area (Å²) in [5.41, 5.74) is 4.78. The molecule has 9 heteroatoms. The number of esters is 1. The Kier molecular flexibility index (Phi) is 9.32. The Labute approximate surface area is 158 Å². The maximum atomic E-state index is 12.7. The van der Waals surface area contributed by atoms with Gasteiger partial charge in [-0.2, -0.15) is 0 Å². The number of carbonyl (C=O) groups is 2. The van der Waals surface area contributed by atoms with E-state index < -0.39 is 23.1 Å². The smallest absolute Gasteiger partial charge is 0.330 e. The van der Waals surface area contributed by atoms with Crippen molar-refractivity contribution in [3.05, 3.63) is 20.8 Å². The lowest BCUT2D eigenvalue weighted by molar-refractivity contribution is -0.141. The van der Waals surface area contributed by atoms with Crippen LogP contribution >= 0.6 is 0 Å². The van der Waals surface area contributed by atoms with Crippen molar-refractivity contribution < 1.29 is 14.3 Å². The molecule has 1 rings (SSSR count). The van der Waals surface area contributed by atoms with Gasteiger partial charge in [-0.15, -0.1) is 0 Å². The van der Waals surface area contributed by atoms with Crippen molar-refractivity contribution in [3.8, 4) is 0 Å². The quantitative estimate of drug-likeness (QED) is 0.440. The van der Waals surface area contributed by atoms with Gasteiger partial charge in [0.25, 0.3) is 5.56 Å². The average molecular weight is 382 g/mol. The van der Waals surface area contributed by atoms with E-state index in [0.29, 0.717) is 19.4 Å². The van der Waals surface area contributed by atoms with Gasteiger partial charge < -0.3 is 15.4 Å². The number of carbonyl (C=O) groups excluding carboxylic acids is 2. The molecule has 0 aliphatic heterocycles. The van der Waals surface area contributed by atoms with Crippen LogP contribution in [0.4, 0.5) is 11.5 Å². The molecule has 3 N–H and O–H groups in total. The molecule has 1 amide bonds. The number of nitrogen functional groups attached to an aromatic ring is 1. The highest BCUT2D eigenvalue weighted by atomic mass is 16.5. The van der Waals surface area contributed by atoms with E-state index in [-0.39, 0.29) is 30.9 Å². The molecule has 9 nitrogen and oxygen atoms in total. The second-order valence-corrected chi connectivity index (χ2v) is 6.33. The first-order chi connectivity index (χ1) is 12.9. The monoisotopic (exact) mass is 382 g/mol. The van der Waals surface area contributed by atoms with Crippen molar-refractivity contribution in [3.63, 3.8) is 0 Å². The zero-order valence-corrected chi connectivity index (χ0v) is 16.4. The van der Waals surface area contributed by atoms with Crippen LogP contribution in [0, 0.1) is 0 Å². The van der Waals surface area contributed by atoms with Crippen LogP contribution < -0.4 is 21.9 Å². The van der Waals surface area contributed by atoms with Crippen LogP contribution in [0.15, 0.2) is 9.59 Å². The molecule has 0 saturated heterocycles. The third-order valence-corrected chi connectivity index (χ3v) is 4.28. The van der Waals surface area contributed by atoms with Crippen LogP contribution in [-0.2, 0) is 20.9 Å². The second-order valence-electron chi connectivity index (χ2n) is 6.33. The number of rotatable bonds is 11. The predicted molar refractivity (Wildman–Crippen MR) is 104 cm³/mol. The highest BCUT2D eigenvalue weighted by molar-refractivity contribution is 5.96. The number of nitrogens with two attached hydrogens (primary N) is 1. The second kappa shape index (κ2) is 11.2. The normalized spacial score (nSPS) is 10.6. The molecule has 0 bridgehead atoms. The van der Waals surface area contributed by atoms with Gasteiger partial charge >= 0.3 is 11.7 Å². The van der Waals surface area contributed by atoms with Crippen LogP contribution in [0.1, 0.15) is 58.8 Å². The van der Waals surface area contributed by atoms with Crippen molar-refractivity contribution in [2.75, 3.05) is 24.3 Å². The predicted octanol–water partition coefficient (Wildman–Crippen LogP) is 1.40. The SMILES string of the molecule is CCCCCN(C(=O)CCC(=O)OC)c1c(N)n(CCCC)c(=O)[nH]c1=O. The molecule has 1 aromatic rings. The summed E-state index contributed by atoms with van der Waals surface area (Å²) in [6, 6.07) is 0. The first-order valence-electron chi connectivity index (χ1n) is 9.37. The van der Waals surface area contributed by atoms with Crippen molar-refractivity contribution >= 4 is 23.4 Å². The molecular formula is C18H30N4O5. The Morgan fingerprint density at radius 1 is 1.11 bits per heavy atom. The number of unbranched alkanes of at least 4 members (excludes halogenated alkanes) is 3. The Morgan fingerprint density at radius 2 is 1.78 bits per heavy atom. The molecule has 1 aromatic heterocycles. The van der Waals surface area contributed by atoms with E-state index in [1.54, 1.807) is 0 Å². The highest BCUT2D eigenvalue weighted by Gasteiger charge is 2.24. The number of nitrogens with one attached hydrogen (secondary N) is 1. The van der Waals surface area contributed by atoms with Crippen molar-refractivity contribution in [2.45, 2.75) is 65.3 Å². The molecule has 27 heavy (non-hydrogen) atoms. The van der Waals surface area contributed by atoms with E-state index in [9.17, 15) is 19.2 Å². The Hall–Kier alpha value is -2.58. The van der Waals surface area contributed by atoms with Crippen LogP contribution in [-0.4, -0.2) is 35.1 Å². The summed E-state index contributed by atoms with van der Waals surface area (Å²) >= 11 is 0. The molecular weight excluding hydrogens is 352 g/mol. The van der Waals surface area contributed by atoms with Crippen LogP contribution in [0.25, 0.3) is 0 Å². The van der Waals surface area contributed by atoms with Crippen LogP contribution in [0.3, 0.4) is 0 Å². The fourth-order valence-electron chi connectivity index (χ4n) is 2.70. The van der Waals surface area contributed by atoms with Crippen molar-refractivity contribution in [2.24, 2.45) is 0 Å². The van der Waals surface area contributed by atoms with Gasteiger partial charge in [-0.25, -0.2) is 4.79 Å². The number of nitrogens with zero attached hydrogens (tertiary/aromatic N) is 2. The minimum absolute atomic E-state index is 0.0277. The molecule has 0 radical (unpaired) electrons. The van der Waals surface area contributed by atoms with Crippen molar-refractivity contribution in [1.29, 1.82) is 0 Å². The van der Waals surface area contributed by atoms with Gasteiger partial charge in [0.05, 0.1) is 13.5 Å². The average Bonchev–Trinajstić information content (AvgIpc) is 2.64. The highest BCUT2D eigenvalue weighted by Crippen LogP contribution is 2.19. The summed E-state index contributed by atoms with van der Waals surface area (Å²) < 4.78 is 5.84. The van der Waals surface area contributed by atoms with Gasteiger partial charge in [-0.3, -0.25) is 23.9 Å². The van der Waals surface area contributed by atoms with Crippen LogP contribution in [0.5, 0.6) is 0 Å². The third-order valence-electron chi connectivity index (χ3n) is 4.28. The zero-order chi connectivity index (χ0) is 20.4. The number of ether oxygens (including phenoxy) is 1. The molecule has 1 heterocycles. The van der Waals surface area contributed by atoms with Gasteiger partial charge in [0.1, 0.15) is 5.82 Å². The number of aromatic nitrogens is 2. The van der Waals surface area contributed by atoms with Gasteiger partial charge in [0, 0.05) is 19.5 Å². The first-order valence-corrected chi connectivity index (χ1v) is 9.37. The topological polar surface area (TPSA) is 127 Å². The fraction of sp³-hybridized carbons (Fsp3) is 0.667. The standard InChI is InChI=1S/C18H30N4O5/c1-4-6-8-12-21(13(23)9-10-14(24)27-3)15-16(19)22(11-7-5-2)18(26)20-17(15)25/h4-12,19H2,1-3H3,(H,20,25,26). The maximum Gasteiger partial charge on any atom is 0.330 e. The van der Waals surface area contributed by atoms with E-state index in [2.05, 4.69) is 9.72 Å². The van der Waals surface area contributed by atoms with E-state index in [0.717, 1.165) is 19.3 Å². The molecule has 0 spiro atoms. The number of anilines is 2. The molecule has 0 atom stereocenters. The Morgan fingerprint density at radius 3 is 2.37 bits per heavy atom. The van der Waals surface area contributed by atoms with E-state index in [4.69, 9.17) is 5.73 Å². The minimum Gasteiger partial charge on any atom is -0.469 e. The van der Waals surface area contributed by atoms with Gasteiger partial charge in [-0.05, 0) is 12.8 Å². The summed E-state index contributed by atoms with van der Waals surface area (Å²) in [6.07, 6.45) is 3.84. The lowest BCUT2D eigenvalue weighted by Crippen LogP contribution is -2.41. The minimum atomic E-state index is -0.701. The molecule has 0 aliphatic rings. The van der Waals surface area contributed by atoms with E-state index in [1.165, 1.54) is 16.6 Å². The number of hydrogen-bond acceptors (Lipinski definition) is 6. The van der Waals surface area contributed by atoms with Gasteiger partial charge in [0.2, 0.25) is 5.91 Å². The van der Waals surface area contributed by atoms with Gasteiger partial charge in [-0.1, -0.05) is 33.1 Å². The number of methoxy groups -OCH3 is 1. The molecule has 0 saturated carbocycles. The van der Waals surface area contributed by atoms with E-state index >= 15 is 0 Å². The van der Waals surface area contributed by atoms with Gasteiger partial charge in [0.15, 0.2) is 5.69 Å². The zero-order valence-electron chi connectivity index (χ0n) is 16.4. The van der Waals surface area contributed by atoms with E-state index in [1.807, 2.05) is 13.8 Å². The third kappa shape index (κ3) is 6.26. The van der Waals surface area contributed by atoms with Crippen molar-refractivity contribution in [1.82, 2.24) is 9.55 Å². The molecule has 0 unspecified atom stereocenters. The summed E-state index contributed by atoms with van der Waals surface area (Å²) in [5.74, 6) is -0.943. The van der Waals surface area contributed by atoms with Crippen LogP contribution in [0.2, 0.25) is 0 Å². The number of H-pyrrole nitrogens is 1. The number of aromatic amines is 1. The molecule has 0 fully saturated rings. The summed E-state index contributed by atoms with van der Waals surface area (Å²) in [7, 11) is 1.25.